The third kappa shape index (κ3) is 2.32. The van der Waals surface area contributed by atoms with E-state index in [1.807, 2.05) is 11.0 Å². The monoisotopic (exact) mass is 273 g/mol. The van der Waals surface area contributed by atoms with Gasteiger partial charge in [0, 0.05) is 30.1 Å². The molecule has 2 rings (SSSR count). The maximum Gasteiger partial charge on any atom is 0.147 e. The quantitative estimate of drug-likeness (QED) is 0.895. The number of rotatable bonds is 2. The van der Waals surface area contributed by atoms with Gasteiger partial charge in [-0.25, -0.2) is 4.39 Å². The number of anilines is 1. The van der Waals surface area contributed by atoms with Crippen LogP contribution in [0, 0.1) is 11.7 Å². The van der Waals surface area contributed by atoms with Gasteiger partial charge in [0.15, 0.2) is 0 Å². The molecule has 0 amide bonds. The molecule has 0 spiro atoms. The molecule has 1 aliphatic rings. The molecule has 1 N–H and O–H groups in total. The molecule has 0 bridgehead atoms. The lowest BCUT2D eigenvalue weighted by Crippen LogP contribution is -2.21. The first-order valence-corrected chi connectivity index (χ1v) is 5.81. The number of hydrogen-bond donors (Lipinski definition) is 1. The van der Waals surface area contributed by atoms with E-state index in [1.165, 1.54) is 6.07 Å². The molecule has 4 heteroatoms. The van der Waals surface area contributed by atoms with Crippen LogP contribution >= 0.6 is 15.9 Å². The highest BCUT2D eigenvalue weighted by Gasteiger charge is 2.23. The predicted octanol–water partition coefficient (Wildman–Crippen LogP) is 2.41. The maximum atomic E-state index is 13.6. The van der Waals surface area contributed by atoms with E-state index in [-0.39, 0.29) is 18.3 Å². The minimum atomic E-state index is -0.206. The smallest absolute Gasteiger partial charge is 0.147 e. The van der Waals surface area contributed by atoms with Crippen molar-refractivity contribution in [2.45, 2.75) is 6.42 Å². The Morgan fingerprint density at radius 3 is 2.93 bits per heavy atom. The van der Waals surface area contributed by atoms with Gasteiger partial charge in [0.25, 0.3) is 0 Å². The van der Waals surface area contributed by atoms with Gasteiger partial charge in [-0.05, 0) is 24.6 Å². The molecule has 1 atom stereocenters. The van der Waals surface area contributed by atoms with Crippen LogP contribution in [0.15, 0.2) is 22.7 Å². The highest BCUT2D eigenvalue weighted by Crippen LogP contribution is 2.27. The highest BCUT2D eigenvalue weighted by molar-refractivity contribution is 9.10. The van der Waals surface area contributed by atoms with Crippen molar-refractivity contribution < 1.29 is 9.50 Å². The van der Waals surface area contributed by atoms with Gasteiger partial charge in [0.05, 0.1) is 5.69 Å². The molecule has 0 saturated carbocycles. The zero-order valence-electron chi connectivity index (χ0n) is 8.29. The van der Waals surface area contributed by atoms with E-state index in [1.54, 1.807) is 6.07 Å². The average molecular weight is 274 g/mol. The van der Waals surface area contributed by atoms with E-state index < -0.39 is 0 Å². The topological polar surface area (TPSA) is 23.5 Å². The van der Waals surface area contributed by atoms with E-state index in [9.17, 15) is 4.39 Å². The van der Waals surface area contributed by atoms with Crippen molar-refractivity contribution in [3.8, 4) is 0 Å². The van der Waals surface area contributed by atoms with Crippen LogP contribution in [0.5, 0.6) is 0 Å². The lowest BCUT2D eigenvalue weighted by Gasteiger charge is -2.19. The average Bonchev–Trinajstić information content (AvgIpc) is 2.66. The van der Waals surface area contributed by atoms with Crippen molar-refractivity contribution in [3.63, 3.8) is 0 Å². The zero-order valence-corrected chi connectivity index (χ0v) is 9.87. The standard InChI is InChI=1S/C11H13BrFNO/c12-9-1-2-11(10(13)5-9)14-4-3-8(6-14)7-15/h1-2,5,8,15H,3-4,6-7H2. The Kier molecular flexibility index (Phi) is 3.26. The first-order chi connectivity index (χ1) is 7.20. The lowest BCUT2D eigenvalue weighted by molar-refractivity contribution is 0.238. The summed E-state index contributed by atoms with van der Waals surface area (Å²) in [6.07, 6.45) is 0.937. The number of nitrogens with zero attached hydrogens (tertiary/aromatic N) is 1. The summed E-state index contributed by atoms with van der Waals surface area (Å²) >= 11 is 3.23. The van der Waals surface area contributed by atoms with Crippen molar-refractivity contribution in [1.82, 2.24) is 0 Å². The molecule has 0 aromatic heterocycles. The summed E-state index contributed by atoms with van der Waals surface area (Å²) in [5.41, 5.74) is 0.633. The molecule has 1 saturated heterocycles. The maximum absolute atomic E-state index is 13.6. The fraction of sp³-hybridized carbons (Fsp3) is 0.455. The molecule has 1 aromatic carbocycles. The molecule has 1 unspecified atom stereocenters. The lowest BCUT2D eigenvalue weighted by atomic mass is 10.1. The minimum Gasteiger partial charge on any atom is -0.396 e. The van der Waals surface area contributed by atoms with Gasteiger partial charge in [-0.1, -0.05) is 15.9 Å². The van der Waals surface area contributed by atoms with Crippen LogP contribution in [0.1, 0.15) is 6.42 Å². The Bertz CT molecular complexity index is 358. The molecule has 1 fully saturated rings. The van der Waals surface area contributed by atoms with Gasteiger partial charge < -0.3 is 10.0 Å². The van der Waals surface area contributed by atoms with Gasteiger partial charge in [-0.3, -0.25) is 0 Å². The molecule has 0 aliphatic carbocycles. The van der Waals surface area contributed by atoms with Crippen molar-refractivity contribution in [2.24, 2.45) is 5.92 Å². The number of hydrogen-bond acceptors (Lipinski definition) is 2. The van der Waals surface area contributed by atoms with Crippen molar-refractivity contribution in [1.29, 1.82) is 0 Å². The van der Waals surface area contributed by atoms with Crippen LogP contribution in [-0.4, -0.2) is 24.8 Å². The molecule has 15 heavy (non-hydrogen) atoms. The van der Waals surface area contributed by atoms with Crippen LogP contribution in [-0.2, 0) is 0 Å². The third-order valence-corrected chi connectivity index (χ3v) is 3.29. The van der Waals surface area contributed by atoms with Crippen LogP contribution in [0.4, 0.5) is 10.1 Å². The summed E-state index contributed by atoms with van der Waals surface area (Å²) in [5, 5.41) is 9.02. The Hall–Kier alpha value is -0.610. The van der Waals surface area contributed by atoms with Crippen molar-refractivity contribution in [2.75, 3.05) is 24.6 Å². The largest absolute Gasteiger partial charge is 0.396 e. The molecule has 1 aliphatic heterocycles. The number of aliphatic hydroxyl groups is 1. The van der Waals surface area contributed by atoms with Gasteiger partial charge >= 0.3 is 0 Å². The van der Waals surface area contributed by atoms with Gasteiger partial charge in [0.2, 0.25) is 0 Å². The Balaban J connectivity index is 2.17. The van der Waals surface area contributed by atoms with Crippen LogP contribution in [0.2, 0.25) is 0 Å². The molecular weight excluding hydrogens is 261 g/mol. The molecular formula is C11H13BrFNO. The summed E-state index contributed by atoms with van der Waals surface area (Å²) in [7, 11) is 0. The van der Waals surface area contributed by atoms with E-state index in [0.717, 1.165) is 24.0 Å². The third-order valence-electron chi connectivity index (χ3n) is 2.79. The molecule has 1 heterocycles. The van der Waals surface area contributed by atoms with Crippen LogP contribution in [0.3, 0.4) is 0 Å². The first-order valence-electron chi connectivity index (χ1n) is 5.01. The van der Waals surface area contributed by atoms with Gasteiger partial charge in [-0.2, -0.15) is 0 Å². The Labute approximate surface area is 96.8 Å². The number of halogens is 2. The summed E-state index contributed by atoms with van der Waals surface area (Å²) in [6.45, 7) is 1.76. The SMILES string of the molecule is OCC1CCN(c2ccc(Br)cc2F)C1. The van der Waals surface area contributed by atoms with Gasteiger partial charge in [0.1, 0.15) is 5.82 Å². The van der Waals surface area contributed by atoms with E-state index in [0.29, 0.717) is 5.69 Å². The van der Waals surface area contributed by atoms with Crippen LogP contribution < -0.4 is 4.90 Å². The summed E-state index contributed by atoms with van der Waals surface area (Å²) in [6, 6.07) is 5.09. The summed E-state index contributed by atoms with van der Waals surface area (Å²) in [5.74, 6) is 0.0796. The predicted molar refractivity (Wildman–Crippen MR) is 61.5 cm³/mol. The van der Waals surface area contributed by atoms with Crippen LogP contribution in [0.25, 0.3) is 0 Å². The highest BCUT2D eigenvalue weighted by atomic mass is 79.9. The second-order valence-electron chi connectivity index (χ2n) is 3.88. The zero-order chi connectivity index (χ0) is 10.8. The minimum absolute atomic E-state index is 0.189. The molecule has 82 valence electrons. The normalized spacial score (nSPS) is 21.0. The van der Waals surface area contributed by atoms with Gasteiger partial charge in [-0.15, -0.1) is 0 Å². The van der Waals surface area contributed by atoms with E-state index in [2.05, 4.69) is 15.9 Å². The van der Waals surface area contributed by atoms with E-state index >= 15 is 0 Å². The Morgan fingerprint density at radius 2 is 2.33 bits per heavy atom. The second-order valence-corrected chi connectivity index (χ2v) is 4.79. The number of aliphatic hydroxyl groups excluding tert-OH is 1. The molecule has 1 aromatic rings. The summed E-state index contributed by atoms with van der Waals surface area (Å²) in [4.78, 5) is 1.99. The number of benzene rings is 1. The fourth-order valence-corrected chi connectivity index (χ4v) is 2.27. The van der Waals surface area contributed by atoms with Crippen molar-refractivity contribution >= 4 is 21.6 Å². The first kappa shape index (κ1) is 10.9. The fourth-order valence-electron chi connectivity index (χ4n) is 1.94. The summed E-state index contributed by atoms with van der Waals surface area (Å²) < 4.78 is 14.4. The van der Waals surface area contributed by atoms with Crippen molar-refractivity contribution in [3.05, 3.63) is 28.5 Å². The molecule has 0 radical (unpaired) electrons. The van der Waals surface area contributed by atoms with E-state index in [4.69, 9.17) is 5.11 Å². The molecule has 2 nitrogen and oxygen atoms in total. The second kappa shape index (κ2) is 4.49. The Morgan fingerprint density at radius 1 is 1.53 bits per heavy atom.